The summed E-state index contributed by atoms with van der Waals surface area (Å²) in [7, 11) is 3.78. The van der Waals surface area contributed by atoms with Gasteiger partial charge >= 0.3 is 0 Å². The fraction of sp³-hybridized carbons (Fsp3) is 0.429. The third-order valence-electron chi connectivity index (χ3n) is 3.75. The second kappa shape index (κ2) is 4.35. The maximum atomic E-state index is 12.6. The van der Waals surface area contributed by atoms with Gasteiger partial charge in [0.25, 0.3) is 5.91 Å². The van der Waals surface area contributed by atoms with Gasteiger partial charge in [0.2, 0.25) is 5.91 Å². The molecule has 0 N–H and O–H groups in total. The number of hydrogen-bond donors (Lipinski definition) is 0. The van der Waals surface area contributed by atoms with Crippen LogP contribution in [0.2, 0.25) is 0 Å². The van der Waals surface area contributed by atoms with E-state index in [1.54, 1.807) is 9.80 Å². The molecule has 0 unspecified atom stereocenters. The lowest BCUT2D eigenvalue weighted by atomic mass is 10.2. The average Bonchev–Trinajstić information content (AvgIpc) is 2.90. The Bertz CT molecular complexity index is 515. The van der Waals surface area contributed by atoms with Gasteiger partial charge in [-0.2, -0.15) is 0 Å². The first-order chi connectivity index (χ1) is 9.11. The normalized spacial score (nSPS) is 26.5. The Morgan fingerprint density at radius 1 is 1.16 bits per heavy atom. The molecule has 19 heavy (non-hydrogen) atoms. The van der Waals surface area contributed by atoms with Crippen LogP contribution in [0.5, 0.6) is 0 Å². The Morgan fingerprint density at radius 2 is 1.84 bits per heavy atom. The number of nitrogens with zero attached hydrogens (tertiary/aromatic N) is 3. The average molecular weight is 259 g/mol. The molecule has 0 bridgehead atoms. The van der Waals surface area contributed by atoms with Crippen molar-refractivity contribution in [2.24, 2.45) is 0 Å². The minimum atomic E-state index is -0.310. The molecular weight excluding hydrogens is 242 g/mol. The molecule has 0 aromatic heterocycles. The van der Waals surface area contributed by atoms with Crippen molar-refractivity contribution in [2.75, 3.05) is 19.0 Å². The van der Waals surface area contributed by atoms with Gasteiger partial charge in [0.1, 0.15) is 6.04 Å². The molecule has 100 valence electrons. The summed E-state index contributed by atoms with van der Waals surface area (Å²) in [6.07, 6.45) is 0.796. The Morgan fingerprint density at radius 3 is 2.47 bits per heavy atom. The molecule has 0 spiro atoms. The highest BCUT2D eigenvalue weighted by Gasteiger charge is 2.52. The summed E-state index contributed by atoms with van der Waals surface area (Å²) in [5.41, 5.74) is 0.841. The van der Waals surface area contributed by atoms with Crippen LogP contribution in [-0.2, 0) is 9.59 Å². The van der Waals surface area contributed by atoms with E-state index in [4.69, 9.17) is 0 Å². The second-order valence-electron chi connectivity index (χ2n) is 5.21. The Labute approximate surface area is 112 Å². The third-order valence-corrected chi connectivity index (χ3v) is 3.75. The van der Waals surface area contributed by atoms with E-state index in [-0.39, 0.29) is 24.1 Å². The van der Waals surface area contributed by atoms with Crippen molar-refractivity contribution >= 4 is 17.5 Å². The van der Waals surface area contributed by atoms with E-state index >= 15 is 0 Å². The molecule has 2 atom stereocenters. The van der Waals surface area contributed by atoms with Crippen LogP contribution >= 0.6 is 0 Å². The second-order valence-corrected chi connectivity index (χ2v) is 5.21. The van der Waals surface area contributed by atoms with E-state index in [1.807, 2.05) is 49.3 Å². The zero-order valence-electron chi connectivity index (χ0n) is 11.1. The summed E-state index contributed by atoms with van der Waals surface area (Å²) in [5.74, 6) is 0.0891. The van der Waals surface area contributed by atoms with Gasteiger partial charge in [0, 0.05) is 12.1 Å². The van der Waals surface area contributed by atoms with Crippen LogP contribution < -0.4 is 4.90 Å². The molecule has 1 aromatic rings. The highest BCUT2D eigenvalue weighted by Crippen LogP contribution is 2.35. The van der Waals surface area contributed by atoms with Crippen LogP contribution in [0.25, 0.3) is 0 Å². The first kappa shape index (κ1) is 12.2. The Kier molecular flexibility index (Phi) is 2.78. The predicted molar refractivity (Wildman–Crippen MR) is 71.3 cm³/mol. The molecule has 2 saturated heterocycles. The predicted octanol–water partition coefficient (Wildman–Crippen LogP) is 0.869. The quantitative estimate of drug-likeness (QED) is 0.791. The van der Waals surface area contributed by atoms with E-state index in [0.717, 1.165) is 5.69 Å². The lowest BCUT2D eigenvalue weighted by Gasteiger charge is -2.34. The van der Waals surface area contributed by atoms with Crippen molar-refractivity contribution in [1.82, 2.24) is 9.80 Å². The first-order valence-electron chi connectivity index (χ1n) is 6.47. The minimum absolute atomic E-state index is 0.0238. The van der Waals surface area contributed by atoms with Crippen LogP contribution in [0.15, 0.2) is 30.3 Å². The zero-order chi connectivity index (χ0) is 13.6. The van der Waals surface area contributed by atoms with Gasteiger partial charge in [-0.25, -0.2) is 0 Å². The number of carbonyl (C=O) groups is 2. The van der Waals surface area contributed by atoms with Crippen molar-refractivity contribution in [3.63, 3.8) is 0 Å². The number of amides is 2. The maximum absolute atomic E-state index is 12.6. The Balaban J connectivity index is 2.04. The van der Waals surface area contributed by atoms with E-state index < -0.39 is 0 Å². The standard InChI is InChI=1S/C14H17N3O2/c1-15(2)14-16(10-6-4-3-5-7-10)13(19)11-8-9-12(18)17(11)14/h3-7,11,14H,8-9H2,1-2H3/t11-,14+/m0/s1. The minimum Gasteiger partial charge on any atom is -0.297 e. The highest BCUT2D eigenvalue weighted by atomic mass is 16.2. The molecule has 2 amide bonds. The number of rotatable bonds is 2. The summed E-state index contributed by atoms with van der Waals surface area (Å²) < 4.78 is 0. The van der Waals surface area contributed by atoms with Crippen molar-refractivity contribution in [1.29, 1.82) is 0 Å². The maximum Gasteiger partial charge on any atom is 0.252 e. The van der Waals surface area contributed by atoms with Crippen LogP contribution in [0.3, 0.4) is 0 Å². The van der Waals surface area contributed by atoms with E-state index in [9.17, 15) is 9.59 Å². The number of carbonyl (C=O) groups excluding carboxylic acids is 2. The van der Waals surface area contributed by atoms with Crippen LogP contribution in [0.1, 0.15) is 12.8 Å². The smallest absolute Gasteiger partial charge is 0.252 e. The van der Waals surface area contributed by atoms with Crippen molar-refractivity contribution in [3.8, 4) is 0 Å². The molecule has 2 aliphatic heterocycles. The molecule has 2 aliphatic rings. The summed E-state index contributed by atoms with van der Waals surface area (Å²) in [6, 6.07) is 9.24. The molecule has 0 radical (unpaired) electrons. The molecule has 2 heterocycles. The monoisotopic (exact) mass is 259 g/mol. The van der Waals surface area contributed by atoms with Crippen LogP contribution in [-0.4, -0.2) is 48.0 Å². The molecule has 0 aliphatic carbocycles. The molecule has 0 saturated carbocycles. The SMILES string of the molecule is CN(C)[C@@H]1N(c2ccccc2)C(=O)[C@@H]2CCC(=O)N12. The molecule has 5 heteroatoms. The number of fused-ring (bicyclic) bond motifs is 1. The van der Waals surface area contributed by atoms with E-state index in [0.29, 0.717) is 12.8 Å². The van der Waals surface area contributed by atoms with Gasteiger partial charge in [-0.1, -0.05) is 18.2 Å². The first-order valence-corrected chi connectivity index (χ1v) is 6.47. The lowest BCUT2D eigenvalue weighted by molar-refractivity contribution is -0.133. The van der Waals surface area contributed by atoms with Crippen LogP contribution in [0.4, 0.5) is 5.69 Å². The molecule has 2 fully saturated rings. The van der Waals surface area contributed by atoms with Gasteiger partial charge in [0.15, 0.2) is 6.29 Å². The summed E-state index contributed by atoms with van der Waals surface area (Å²) >= 11 is 0. The van der Waals surface area contributed by atoms with Crippen molar-refractivity contribution in [3.05, 3.63) is 30.3 Å². The molecule has 3 rings (SSSR count). The van der Waals surface area contributed by atoms with E-state index in [2.05, 4.69) is 0 Å². The van der Waals surface area contributed by atoms with Gasteiger partial charge in [-0.15, -0.1) is 0 Å². The summed E-state index contributed by atoms with van der Waals surface area (Å²) in [4.78, 5) is 29.9. The van der Waals surface area contributed by atoms with Gasteiger partial charge in [0.05, 0.1) is 0 Å². The molecular formula is C14H17N3O2. The third kappa shape index (κ3) is 1.73. The molecule has 1 aromatic carbocycles. The fourth-order valence-electron chi connectivity index (χ4n) is 2.96. The van der Waals surface area contributed by atoms with Gasteiger partial charge in [-0.05, 0) is 32.6 Å². The van der Waals surface area contributed by atoms with Crippen molar-refractivity contribution in [2.45, 2.75) is 25.2 Å². The number of para-hydroxylation sites is 1. The number of anilines is 1. The topological polar surface area (TPSA) is 43.9 Å². The highest BCUT2D eigenvalue weighted by molar-refractivity contribution is 6.04. The van der Waals surface area contributed by atoms with Gasteiger partial charge < -0.3 is 0 Å². The van der Waals surface area contributed by atoms with E-state index in [1.165, 1.54) is 0 Å². The van der Waals surface area contributed by atoms with Crippen molar-refractivity contribution < 1.29 is 9.59 Å². The number of benzene rings is 1. The lowest BCUT2D eigenvalue weighted by Crippen LogP contribution is -2.51. The molecule has 5 nitrogen and oxygen atoms in total. The van der Waals surface area contributed by atoms with Crippen LogP contribution in [0, 0.1) is 0 Å². The van der Waals surface area contributed by atoms with Gasteiger partial charge in [-0.3, -0.25) is 24.3 Å². The Hall–Kier alpha value is -1.88. The summed E-state index contributed by atoms with van der Waals surface area (Å²) in [6.45, 7) is 0. The zero-order valence-corrected chi connectivity index (χ0v) is 11.1. The number of hydrogen-bond acceptors (Lipinski definition) is 3. The summed E-state index contributed by atoms with van der Waals surface area (Å²) in [5, 5.41) is 0. The fourth-order valence-corrected chi connectivity index (χ4v) is 2.96. The largest absolute Gasteiger partial charge is 0.297 e.